The fourth-order valence-electron chi connectivity index (χ4n) is 6.96. The third-order valence-electron chi connectivity index (χ3n) is 9.79. The van der Waals surface area contributed by atoms with Crippen LogP contribution in [0.1, 0.15) is 50.9 Å². The van der Waals surface area contributed by atoms with Gasteiger partial charge in [0.05, 0.1) is 23.7 Å². The van der Waals surface area contributed by atoms with Crippen LogP contribution in [0.2, 0.25) is 0 Å². The van der Waals surface area contributed by atoms with E-state index in [-0.39, 0.29) is 29.7 Å². The molecule has 0 bridgehead atoms. The van der Waals surface area contributed by atoms with Gasteiger partial charge >= 0.3 is 0 Å². The number of carbonyl (C=O) groups excluding carboxylic acids is 1. The van der Waals surface area contributed by atoms with Crippen molar-refractivity contribution in [3.05, 3.63) is 57.2 Å². The third-order valence-corrected chi connectivity index (χ3v) is 9.79. The van der Waals surface area contributed by atoms with Gasteiger partial charge in [-0.05, 0) is 51.2 Å². The minimum absolute atomic E-state index is 0.00779. The summed E-state index contributed by atoms with van der Waals surface area (Å²) in [6.45, 7) is 4.85. The molecule has 0 radical (unpaired) electrons. The molecule has 48 heavy (non-hydrogen) atoms. The lowest BCUT2D eigenvalue weighted by atomic mass is 9.83. The molecule has 1 aromatic heterocycles. The van der Waals surface area contributed by atoms with Gasteiger partial charge in [0.15, 0.2) is 16.8 Å². The average Bonchev–Trinajstić information content (AvgIpc) is 3.78. The number of aliphatic hydroxyl groups is 5. The zero-order chi connectivity index (χ0) is 34.3. The Morgan fingerprint density at radius 1 is 1.15 bits per heavy atom. The van der Waals surface area contributed by atoms with Crippen molar-refractivity contribution in [3.8, 4) is 5.75 Å². The number of allylic oxidation sites excluding steroid dienone is 1. The van der Waals surface area contributed by atoms with Crippen LogP contribution in [0.3, 0.4) is 0 Å². The van der Waals surface area contributed by atoms with E-state index in [0.29, 0.717) is 59.5 Å². The Hall–Kier alpha value is -3.63. The van der Waals surface area contributed by atoms with Crippen LogP contribution < -0.4 is 20.4 Å². The van der Waals surface area contributed by atoms with E-state index in [0.717, 1.165) is 17.7 Å². The number of benzene rings is 1. The number of anilines is 1. The standard InChI is InChI=1S/C34H43N3O11/c1-4-23-20-6-8-35-22(20)14-37(23)29-32-19(11-21-24(39)9-17(2)46-33(21)29)12-27(34(3,47-32)7-5-18-10-28(42)36-13-18)48-45-16-26(41)31(44)30(43)25(40)15-38/h6,8-9,11,14,18,23,25-27,30-31,38,40-41,43-44H,4-5,7,10,12-13,15-16H2,1-3H3,(H,36,42). The van der Waals surface area contributed by atoms with Gasteiger partial charge in [-0.25, -0.2) is 9.78 Å². The summed E-state index contributed by atoms with van der Waals surface area (Å²) in [5.41, 5.74) is 2.30. The fraction of sp³-hybridized carbons (Fsp3) is 0.559. The first-order chi connectivity index (χ1) is 22.9. The molecule has 0 aliphatic carbocycles. The topological polar surface area (TPSA) is 204 Å². The first-order valence-corrected chi connectivity index (χ1v) is 16.4. The molecule has 6 N–H and O–H groups in total. The molecule has 14 heteroatoms. The van der Waals surface area contributed by atoms with E-state index in [2.05, 4.69) is 22.1 Å². The molecular formula is C34H43N3O11. The molecule has 1 aromatic carbocycles. The second kappa shape index (κ2) is 13.7. The van der Waals surface area contributed by atoms with Gasteiger partial charge in [0.2, 0.25) is 5.91 Å². The van der Waals surface area contributed by atoms with Gasteiger partial charge in [-0.2, -0.15) is 0 Å². The number of nitrogens with one attached hydrogen (secondary N) is 1. The Labute approximate surface area is 276 Å². The monoisotopic (exact) mass is 669 g/mol. The van der Waals surface area contributed by atoms with E-state index in [1.54, 1.807) is 19.2 Å². The molecule has 0 saturated carbocycles. The van der Waals surface area contributed by atoms with Gasteiger partial charge in [-0.1, -0.05) is 6.92 Å². The highest BCUT2D eigenvalue weighted by atomic mass is 17.2. The molecule has 1 saturated heterocycles. The molecule has 8 atom stereocenters. The molecule has 8 unspecified atom stereocenters. The van der Waals surface area contributed by atoms with Crippen LogP contribution >= 0.6 is 0 Å². The number of hydrogen-bond acceptors (Lipinski definition) is 13. The molecular weight excluding hydrogens is 626 g/mol. The number of rotatable bonds is 13. The highest BCUT2D eigenvalue weighted by molar-refractivity contribution is 5.96. The van der Waals surface area contributed by atoms with E-state index >= 15 is 0 Å². The van der Waals surface area contributed by atoms with Gasteiger partial charge in [0.25, 0.3) is 0 Å². The zero-order valence-electron chi connectivity index (χ0n) is 27.2. The first kappa shape index (κ1) is 34.2. The first-order valence-electron chi connectivity index (χ1n) is 16.4. The lowest BCUT2D eigenvalue weighted by molar-refractivity contribution is -0.360. The Morgan fingerprint density at radius 2 is 1.92 bits per heavy atom. The predicted octanol–water partition coefficient (Wildman–Crippen LogP) is 0.915. The maximum atomic E-state index is 13.4. The van der Waals surface area contributed by atoms with Crippen molar-refractivity contribution >= 4 is 28.8 Å². The molecule has 0 spiro atoms. The Morgan fingerprint density at radius 3 is 2.62 bits per heavy atom. The summed E-state index contributed by atoms with van der Waals surface area (Å²) in [5, 5.41) is 52.6. The third kappa shape index (κ3) is 6.41. The van der Waals surface area contributed by atoms with Crippen LogP contribution in [0.25, 0.3) is 11.0 Å². The number of nitrogens with zero attached hydrogens (tertiary/aromatic N) is 2. The molecule has 5 heterocycles. The highest BCUT2D eigenvalue weighted by Gasteiger charge is 2.47. The van der Waals surface area contributed by atoms with Crippen LogP contribution in [-0.2, 0) is 21.0 Å². The molecule has 4 aliphatic heterocycles. The normalized spacial score (nSPS) is 27.2. The van der Waals surface area contributed by atoms with Crippen molar-refractivity contribution in [1.82, 2.24) is 5.32 Å². The number of ether oxygens (including phenoxy) is 1. The number of fused-ring (bicyclic) bond motifs is 3. The van der Waals surface area contributed by atoms with E-state index < -0.39 is 49.3 Å². The Kier molecular flexibility index (Phi) is 9.78. The van der Waals surface area contributed by atoms with Gasteiger partial charge in [-0.15, -0.1) is 0 Å². The molecule has 260 valence electrons. The smallest absolute Gasteiger partial charge is 0.220 e. The average molecular weight is 670 g/mol. The fourth-order valence-corrected chi connectivity index (χ4v) is 6.96. The summed E-state index contributed by atoms with van der Waals surface area (Å²) in [4.78, 5) is 43.2. The lowest BCUT2D eigenvalue weighted by Gasteiger charge is -2.43. The van der Waals surface area contributed by atoms with E-state index in [1.807, 2.05) is 19.2 Å². The van der Waals surface area contributed by atoms with Crippen molar-refractivity contribution in [2.24, 2.45) is 10.9 Å². The summed E-state index contributed by atoms with van der Waals surface area (Å²) in [6.07, 6.45) is 0.414. The van der Waals surface area contributed by atoms with Gasteiger partial charge in [0, 0.05) is 49.0 Å². The van der Waals surface area contributed by atoms with Crippen LogP contribution in [0, 0.1) is 12.8 Å². The summed E-state index contributed by atoms with van der Waals surface area (Å²) in [5.74, 6) is 1.06. The van der Waals surface area contributed by atoms with Crippen LogP contribution in [-0.4, -0.2) is 99.6 Å². The van der Waals surface area contributed by atoms with E-state index in [1.165, 1.54) is 6.07 Å². The summed E-state index contributed by atoms with van der Waals surface area (Å²) in [7, 11) is 0. The summed E-state index contributed by atoms with van der Waals surface area (Å²) >= 11 is 0. The SMILES string of the molecule is CCC1C2=CC=NC2=CN1c1c2c(cc3c(=O)cc(C)oc13)CC(OOCC(O)C(O)C(O)C(O)CO)C(C)(CCC1CNC(=O)C1)O2. The van der Waals surface area contributed by atoms with Gasteiger partial charge < -0.3 is 44.9 Å². The number of hydrogen-bond donors (Lipinski definition) is 6. The van der Waals surface area contributed by atoms with Crippen molar-refractivity contribution < 1.29 is 49.3 Å². The van der Waals surface area contributed by atoms with Crippen molar-refractivity contribution in [1.29, 1.82) is 0 Å². The predicted molar refractivity (Wildman–Crippen MR) is 173 cm³/mol. The van der Waals surface area contributed by atoms with Crippen molar-refractivity contribution in [2.75, 3.05) is 24.7 Å². The number of amides is 1. The van der Waals surface area contributed by atoms with Crippen LogP contribution in [0.4, 0.5) is 5.69 Å². The summed E-state index contributed by atoms with van der Waals surface area (Å²) in [6, 6.07) is 3.09. The zero-order valence-corrected chi connectivity index (χ0v) is 27.2. The maximum Gasteiger partial charge on any atom is 0.220 e. The quantitative estimate of drug-likeness (QED) is 0.130. The number of aliphatic imine (C=N–C) groups is 1. The molecule has 1 amide bonds. The molecule has 4 aliphatic rings. The van der Waals surface area contributed by atoms with E-state index in [9.17, 15) is 30.0 Å². The largest absolute Gasteiger partial charge is 0.482 e. The minimum Gasteiger partial charge on any atom is -0.482 e. The summed E-state index contributed by atoms with van der Waals surface area (Å²) < 4.78 is 13.2. The Balaban J connectivity index is 1.36. The number of carbonyl (C=O) groups is 1. The van der Waals surface area contributed by atoms with Crippen molar-refractivity contribution in [3.63, 3.8) is 0 Å². The van der Waals surface area contributed by atoms with Crippen LogP contribution in [0.5, 0.6) is 5.75 Å². The van der Waals surface area contributed by atoms with Gasteiger partial charge in [0.1, 0.15) is 54.2 Å². The van der Waals surface area contributed by atoms with Gasteiger partial charge in [-0.3, -0.25) is 14.6 Å². The molecule has 14 nitrogen and oxygen atoms in total. The molecule has 1 fully saturated rings. The minimum atomic E-state index is -1.82. The highest BCUT2D eigenvalue weighted by Crippen LogP contribution is 2.50. The lowest BCUT2D eigenvalue weighted by Crippen LogP contribution is -2.52. The molecule has 6 rings (SSSR count). The van der Waals surface area contributed by atoms with E-state index in [4.69, 9.17) is 24.0 Å². The Bertz CT molecular complexity index is 1700. The molecule has 2 aromatic rings. The second-order valence-corrected chi connectivity index (χ2v) is 13.3. The maximum absolute atomic E-state index is 13.4. The second-order valence-electron chi connectivity index (χ2n) is 13.3. The number of aryl methyl sites for hydroxylation is 1. The number of aliphatic hydroxyl groups excluding tert-OH is 5. The van der Waals surface area contributed by atoms with Crippen molar-refractivity contribution in [2.45, 2.75) is 95.0 Å². The van der Waals surface area contributed by atoms with Crippen LogP contribution in [0.15, 0.2) is 49.9 Å².